The molecule has 0 fully saturated rings. The highest BCUT2D eigenvalue weighted by molar-refractivity contribution is 6.18. The quantitative estimate of drug-likeness (QED) is 0.670. The topological polar surface area (TPSA) is 29.5 Å². The second-order valence-electron chi connectivity index (χ2n) is 2.97. The van der Waals surface area contributed by atoms with Crippen LogP contribution in [0.4, 0.5) is 4.79 Å². The predicted octanol–water partition coefficient (Wildman–Crippen LogP) is 2.70. The molecule has 0 saturated carbocycles. The van der Waals surface area contributed by atoms with E-state index in [0.29, 0.717) is 24.8 Å². The lowest BCUT2D eigenvalue weighted by molar-refractivity contribution is 0.0717. The van der Waals surface area contributed by atoms with Gasteiger partial charge in [-0.15, -0.1) is 23.2 Å². The first-order valence-electron chi connectivity index (χ1n) is 4.73. The summed E-state index contributed by atoms with van der Waals surface area (Å²) in [5, 5.41) is 0. The van der Waals surface area contributed by atoms with Crippen molar-refractivity contribution in [3.63, 3.8) is 0 Å². The number of rotatable bonds is 6. The average Bonchev–Trinajstić information content (AvgIpc) is 2.17. The molecule has 0 radical (unpaired) electrons. The molecule has 0 aliphatic rings. The van der Waals surface area contributed by atoms with Crippen LogP contribution in [0.1, 0.15) is 20.3 Å². The lowest BCUT2D eigenvalue weighted by Crippen LogP contribution is -2.36. The predicted molar refractivity (Wildman–Crippen MR) is 59.2 cm³/mol. The molecule has 0 rings (SSSR count). The Hall–Kier alpha value is -0.150. The second kappa shape index (κ2) is 8.18. The fourth-order valence-electron chi connectivity index (χ4n) is 0.828. The Bertz CT molecular complexity index is 161. The zero-order valence-electron chi connectivity index (χ0n) is 8.63. The third-order valence-electron chi connectivity index (χ3n) is 1.84. The normalized spacial score (nSPS) is 12.3. The molecule has 0 unspecified atom stereocenters. The Morgan fingerprint density at radius 3 is 2.21 bits per heavy atom. The minimum absolute atomic E-state index is 0.0596. The molecule has 84 valence electrons. The fraction of sp³-hybridized carbons (Fsp3) is 0.889. The molecule has 3 nitrogen and oxygen atoms in total. The second-order valence-corrected chi connectivity index (χ2v) is 3.72. The van der Waals surface area contributed by atoms with Crippen LogP contribution in [-0.4, -0.2) is 41.9 Å². The molecule has 0 aliphatic carbocycles. The molecule has 1 atom stereocenters. The number of ether oxygens (including phenoxy) is 1. The van der Waals surface area contributed by atoms with Gasteiger partial charge in [-0.3, -0.25) is 0 Å². The van der Waals surface area contributed by atoms with E-state index < -0.39 is 0 Å². The van der Waals surface area contributed by atoms with Gasteiger partial charge in [-0.25, -0.2) is 4.79 Å². The first kappa shape index (κ1) is 13.8. The zero-order valence-corrected chi connectivity index (χ0v) is 10.1. The van der Waals surface area contributed by atoms with Crippen molar-refractivity contribution in [3.8, 4) is 0 Å². The van der Waals surface area contributed by atoms with Gasteiger partial charge in [0.05, 0.1) is 0 Å². The molecule has 14 heavy (non-hydrogen) atoms. The number of amides is 1. The van der Waals surface area contributed by atoms with Crippen LogP contribution in [0, 0.1) is 0 Å². The lowest BCUT2D eigenvalue weighted by Gasteiger charge is -2.22. The summed E-state index contributed by atoms with van der Waals surface area (Å²) >= 11 is 11.1. The number of carbonyl (C=O) groups excluding carboxylic acids is 1. The van der Waals surface area contributed by atoms with Crippen molar-refractivity contribution in [2.75, 3.05) is 24.8 Å². The molecule has 0 N–H and O–H groups in total. The maximum atomic E-state index is 11.5. The highest BCUT2D eigenvalue weighted by atomic mass is 35.5. The van der Waals surface area contributed by atoms with Gasteiger partial charge < -0.3 is 9.64 Å². The standard InChI is InChI=1S/C9H17Cl2NO2/c1-3-8(2)14-9(13)12(6-4-10)7-5-11/h8H,3-7H2,1-2H3/t8-/m1/s1. The number of halogens is 2. The van der Waals surface area contributed by atoms with Crippen LogP contribution in [0.15, 0.2) is 0 Å². The van der Waals surface area contributed by atoms with Crippen molar-refractivity contribution in [2.24, 2.45) is 0 Å². The van der Waals surface area contributed by atoms with Gasteiger partial charge in [-0.2, -0.15) is 0 Å². The van der Waals surface area contributed by atoms with Gasteiger partial charge >= 0.3 is 6.09 Å². The van der Waals surface area contributed by atoms with Crippen LogP contribution in [-0.2, 0) is 4.74 Å². The van der Waals surface area contributed by atoms with Crippen molar-refractivity contribution in [3.05, 3.63) is 0 Å². The monoisotopic (exact) mass is 241 g/mol. The number of carbonyl (C=O) groups is 1. The molecule has 0 spiro atoms. The first-order chi connectivity index (χ1) is 6.65. The van der Waals surface area contributed by atoms with E-state index in [0.717, 1.165) is 6.42 Å². The maximum absolute atomic E-state index is 11.5. The van der Waals surface area contributed by atoms with E-state index in [4.69, 9.17) is 27.9 Å². The van der Waals surface area contributed by atoms with Gasteiger partial charge in [0.25, 0.3) is 0 Å². The summed E-state index contributed by atoms with van der Waals surface area (Å²) in [7, 11) is 0. The third kappa shape index (κ3) is 5.55. The summed E-state index contributed by atoms with van der Waals surface area (Å²) in [6, 6.07) is 0. The summed E-state index contributed by atoms with van der Waals surface area (Å²) in [6.45, 7) is 4.77. The first-order valence-corrected chi connectivity index (χ1v) is 5.80. The number of hydrogen-bond donors (Lipinski definition) is 0. The van der Waals surface area contributed by atoms with E-state index >= 15 is 0 Å². The maximum Gasteiger partial charge on any atom is 0.410 e. The minimum Gasteiger partial charge on any atom is -0.446 e. The largest absolute Gasteiger partial charge is 0.446 e. The molecule has 0 aromatic heterocycles. The smallest absolute Gasteiger partial charge is 0.410 e. The molecule has 0 saturated heterocycles. The molecule has 0 aromatic carbocycles. The molecule has 0 bridgehead atoms. The summed E-state index contributed by atoms with van der Waals surface area (Å²) < 4.78 is 5.14. The van der Waals surface area contributed by atoms with Gasteiger partial charge in [0.2, 0.25) is 0 Å². The van der Waals surface area contributed by atoms with Crippen LogP contribution in [0.5, 0.6) is 0 Å². The Balaban J connectivity index is 4.00. The van der Waals surface area contributed by atoms with Crippen LogP contribution in [0.2, 0.25) is 0 Å². The summed E-state index contributed by atoms with van der Waals surface area (Å²) in [5.74, 6) is 0.791. The third-order valence-corrected chi connectivity index (χ3v) is 2.18. The van der Waals surface area contributed by atoms with Crippen LogP contribution in [0.25, 0.3) is 0 Å². The summed E-state index contributed by atoms with van der Waals surface area (Å²) in [5.41, 5.74) is 0. The van der Waals surface area contributed by atoms with Gasteiger partial charge in [-0.1, -0.05) is 6.92 Å². The van der Waals surface area contributed by atoms with E-state index in [1.807, 2.05) is 13.8 Å². The molecule has 1 amide bonds. The summed E-state index contributed by atoms with van der Waals surface area (Å²) in [6.07, 6.45) is 0.415. The number of hydrogen-bond acceptors (Lipinski definition) is 2. The molecule has 0 heterocycles. The molecule has 5 heteroatoms. The van der Waals surface area contributed by atoms with E-state index in [1.165, 1.54) is 4.90 Å². The van der Waals surface area contributed by atoms with E-state index in [9.17, 15) is 4.79 Å². The van der Waals surface area contributed by atoms with E-state index in [1.54, 1.807) is 0 Å². The minimum atomic E-state index is -0.333. The lowest BCUT2D eigenvalue weighted by atomic mass is 10.3. The van der Waals surface area contributed by atoms with Gasteiger partial charge in [0.1, 0.15) is 6.10 Å². The van der Waals surface area contributed by atoms with Gasteiger partial charge in [0, 0.05) is 24.8 Å². The van der Waals surface area contributed by atoms with Crippen molar-refractivity contribution >= 4 is 29.3 Å². The Kier molecular flexibility index (Phi) is 8.09. The fourth-order valence-corrected chi connectivity index (χ4v) is 1.24. The van der Waals surface area contributed by atoms with Gasteiger partial charge in [-0.05, 0) is 13.3 Å². The number of alkyl halides is 2. The molecule has 0 aromatic rings. The Labute approximate surface area is 95.3 Å². The average molecular weight is 242 g/mol. The van der Waals surface area contributed by atoms with Crippen molar-refractivity contribution < 1.29 is 9.53 Å². The molecule has 0 aliphatic heterocycles. The summed E-state index contributed by atoms with van der Waals surface area (Å²) in [4.78, 5) is 13.0. The van der Waals surface area contributed by atoms with Crippen molar-refractivity contribution in [2.45, 2.75) is 26.4 Å². The van der Waals surface area contributed by atoms with E-state index in [2.05, 4.69) is 0 Å². The van der Waals surface area contributed by atoms with Crippen molar-refractivity contribution in [1.82, 2.24) is 4.90 Å². The van der Waals surface area contributed by atoms with Gasteiger partial charge in [0.15, 0.2) is 0 Å². The molecular weight excluding hydrogens is 225 g/mol. The van der Waals surface area contributed by atoms with Crippen LogP contribution in [0.3, 0.4) is 0 Å². The molecular formula is C9H17Cl2NO2. The Morgan fingerprint density at radius 1 is 1.36 bits per heavy atom. The highest BCUT2D eigenvalue weighted by Gasteiger charge is 2.15. The Morgan fingerprint density at radius 2 is 1.86 bits per heavy atom. The van der Waals surface area contributed by atoms with Crippen LogP contribution >= 0.6 is 23.2 Å². The van der Waals surface area contributed by atoms with E-state index in [-0.39, 0.29) is 12.2 Å². The SMILES string of the molecule is CC[C@@H](C)OC(=O)N(CCCl)CCCl. The van der Waals surface area contributed by atoms with Crippen molar-refractivity contribution in [1.29, 1.82) is 0 Å². The zero-order chi connectivity index (χ0) is 11.0. The van der Waals surface area contributed by atoms with Crippen LogP contribution < -0.4 is 0 Å². The number of nitrogens with zero attached hydrogens (tertiary/aromatic N) is 1. The highest BCUT2D eigenvalue weighted by Crippen LogP contribution is 2.02.